The molecule has 0 saturated heterocycles. The number of benzene rings is 2. The Morgan fingerprint density at radius 1 is 1.04 bits per heavy atom. The van der Waals surface area contributed by atoms with E-state index in [1.54, 1.807) is 18.2 Å². The molecule has 1 aliphatic carbocycles. The van der Waals surface area contributed by atoms with Gasteiger partial charge in [0.15, 0.2) is 5.78 Å². The number of hydrogen-bond acceptors (Lipinski definition) is 2. The van der Waals surface area contributed by atoms with Crippen LogP contribution in [0.15, 0.2) is 47.7 Å². The van der Waals surface area contributed by atoms with Crippen molar-refractivity contribution in [3.8, 4) is 0 Å². The van der Waals surface area contributed by atoms with Crippen LogP contribution >= 0.6 is 23.2 Å². The van der Waals surface area contributed by atoms with E-state index < -0.39 is 17.6 Å². The van der Waals surface area contributed by atoms with Crippen molar-refractivity contribution in [1.29, 1.82) is 0 Å². The van der Waals surface area contributed by atoms with Gasteiger partial charge >= 0.3 is 0 Å². The van der Waals surface area contributed by atoms with Crippen LogP contribution < -0.4 is 4.90 Å². The molecule has 28 heavy (non-hydrogen) atoms. The van der Waals surface area contributed by atoms with Crippen LogP contribution in [0.3, 0.4) is 0 Å². The minimum atomic E-state index is -0.850. The van der Waals surface area contributed by atoms with E-state index in [0.29, 0.717) is 46.1 Å². The number of carbonyl (C=O) groups is 2. The summed E-state index contributed by atoms with van der Waals surface area (Å²) in [5.41, 5.74) is 1.46. The molecule has 0 radical (unpaired) electrons. The maximum absolute atomic E-state index is 14.4. The molecule has 1 unspecified atom stereocenters. The first-order chi connectivity index (χ1) is 13.4. The molecular formula is C21H15Cl2F2NO2. The number of hydrogen-bond donors (Lipinski definition) is 0. The van der Waals surface area contributed by atoms with Crippen LogP contribution in [0.5, 0.6) is 0 Å². The zero-order valence-electron chi connectivity index (χ0n) is 14.6. The van der Waals surface area contributed by atoms with E-state index in [4.69, 9.17) is 23.2 Å². The fraction of sp³-hybridized carbons (Fsp3) is 0.238. The van der Waals surface area contributed by atoms with Crippen LogP contribution in [-0.2, 0) is 9.59 Å². The third-order valence-electron chi connectivity index (χ3n) is 5.18. The number of Topliss-reactive ketones (excluding diaryl/α,β-unsaturated/α-hetero) is 1. The van der Waals surface area contributed by atoms with Gasteiger partial charge in [-0.15, -0.1) is 0 Å². The Kier molecular flexibility index (Phi) is 4.98. The summed E-state index contributed by atoms with van der Waals surface area (Å²) in [6.07, 6.45) is 1.29. The number of amides is 1. The molecule has 144 valence electrons. The molecule has 0 spiro atoms. The van der Waals surface area contributed by atoms with Gasteiger partial charge in [-0.1, -0.05) is 35.3 Å². The summed E-state index contributed by atoms with van der Waals surface area (Å²) in [6.45, 7) is 0. The molecule has 0 aromatic heterocycles. The summed E-state index contributed by atoms with van der Waals surface area (Å²) in [6, 6.07) is 8.14. The standard InChI is InChI=1S/C21H15Cl2F2NO2/c22-14-4-1-3-12(21(14)23)13-10-19(28)26(16-8-7-11(24)9-15(16)25)17-5-2-6-18(27)20(13)17/h1,3-4,7-9,13H,2,5-6,10H2. The van der Waals surface area contributed by atoms with Gasteiger partial charge in [0, 0.05) is 36.1 Å². The Bertz CT molecular complexity index is 1040. The van der Waals surface area contributed by atoms with Crippen LogP contribution in [0, 0.1) is 11.6 Å². The molecule has 4 rings (SSSR count). The predicted octanol–water partition coefficient (Wildman–Crippen LogP) is 5.80. The van der Waals surface area contributed by atoms with Gasteiger partial charge in [0.2, 0.25) is 5.91 Å². The lowest BCUT2D eigenvalue weighted by Crippen LogP contribution is -2.41. The number of rotatable bonds is 2. The maximum Gasteiger partial charge on any atom is 0.232 e. The minimum absolute atomic E-state index is 0.0516. The van der Waals surface area contributed by atoms with Gasteiger partial charge in [-0.2, -0.15) is 0 Å². The maximum atomic E-state index is 14.4. The van der Waals surface area contributed by atoms with Crippen molar-refractivity contribution in [3.63, 3.8) is 0 Å². The average molecular weight is 422 g/mol. The third kappa shape index (κ3) is 3.12. The number of anilines is 1. The first-order valence-corrected chi connectivity index (χ1v) is 9.62. The van der Waals surface area contributed by atoms with Gasteiger partial charge in [-0.25, -0.2) is 8.78 Å². The monoisotopic (exact) mass is 421 g/mol. The highest BCUT2D eigenvalue weighted by molar-refractivity contribution is 6.42. The summed E-state index contributed by atoms with van der Waals surface area (Å²) < 4.78 is 27.8. The van der Waals surface area contributed by atoms with Gasteiger partial charge in [0.1, 0.15) is 11.6 Å². The van der Waals surface area contributed by atoms with E-state index in [9.17, 15) is 18.4 Å². The number of ketones is 1. The molecule has 2 aromatic carbocycles. The first-order valence-electron chi connectivity index (χ1n) is 8.86. The molecule has 1 heterocycles. The van der Waals surface area contributed by atoms with Crippen molar-refractivity contribution in [3.05, 3.63) is 74.9 Å². The summed E-state index contributed by atoms with van der Waals surface area (Å²) in [5, 5.41) is 0.637. The van der Waals surface area contributed by atoms with Crippen molar-refractivity contribution in [1.82, 2.24) is 0 Å². The van der Waals surface area contributed by atoms with Crippen LogP contribution in [0.4, 0.5) is 14.5 Å². The summed E-state index contributed by atoms with van der Waals surface area (Å²) in [5.74, 6) is -2.59. The van der Waals surface area contributed by atoms with Crippen molar-refractivity contribution in [2.45, 2.75) is 31.6 Å². The molecule has 1 aliphatic heterocycles. The highest BCUT2D eigenvalue weighted by Crippen LogP contribution is 2.46. The zero-order valence-corrected chi connectivity index (χ0v) is 16.2. The van der Waals surface area contributed by atoms with E-state index >= 15 is 0 Å². The Morgan fingerprint density at radius 2 is 1.82 bits per heavy atom. The van der Waals surface area contributed by atoms with Gasteiger partial charge in [-0.05, 0) is 36.6 Å². The molecule has 3 nitrogen and oxygen atoms in total. The van der Waals surface area contributed by atoms with E-state index in [1.165, 1.54) is 11.0 Å². The van der Waals surface area contributed by atoms with Gasteiger partial charge in [0.25, 0.3) is 0 Å². The number of halogens is 4. The van der Waals surface area contributed by atoms with Crippen LogP contribution in [-0.4, -0.2) is 11.7 Å². The summed E-state index contributed by atoms with van der Waals surface area (Å²) >= 11 is 12.5. The van der Waals surface area contributed by atoms with E-state index in [2.05, 4.69) is 0 Å². The number of carbonyl (C=O) groups excluding carboxylic acids is 2. The molecule has 7 heteroatoms. The van der Waals surface area contributed by atoms with E-state index in [-0.39, 0.29) is 23.8 Å². The van der Waals surface area contributed by atoms with Crippen LogP contribution in [0.1, 0.15) is 37.2 Å². The quantitative estimate of drug-likeness (QED) is 0.614. The highest BCUT2D eigenvalue weighted by Gasteiger charge is 2.41. The molecule has 0 saturated carbocycles. The third-order valence-corrected chi connectivity index (χ3v) is 6.02. The second-order valence-corrected chi connectivity index (χ2v) is 7.65. The molecule has 1 amide bonds. The van der Waals surface area contributed by atoms with Gasteiger partial charge in [0.05, 0.1) is 15.7 Å². The Balaban J connectivity index is 1.91. The second-order valence-electron chi connectivity index (χ2n) is 6.86. The van der Waals surface area contributed by atoms with E-state index in [1.807, 2.05) is 0 Å². The SMILES string of the molecule is O=C1CCCC2=C1C(c1cccc(Cl)c1Cl)CC(=O)N2c1ccc(F)cc1F. The van der Waals surface area contributed by atoms with Gasteiger partial charge in [-0.3, -0.25) is 14.5 Å². The topological polar surface area (TPSA) is 37.4 Å². The first kappa shape index (κ1) is 19.1. The minimum Gasteiger partial charge on any atom is -0.294 e. The number of nitrogens with zero attached hydrogens (tertiary/aromatic N) is 1. The Labute approximate surface area is 170 Å². The van der Waals surface area contributed by atoms with Crippen molar-refractivity contribution < 1.29 is 18.4 Å². The fourth-order valence-electron chi connectivity index (χ4n) is 3.99. The van der Waals surface area contributed by atoms with Crippen LogP contribution in [0.2, 0.25) is 10.0 Å². The molecule has 2 aliphatic rings. The summed E-state index contributed by atoms with van der Waals surface area (Å²) in [4.78, 5) is 27.0. The molecule has 0 N–H and O–H groups in total. The van der Waals surface area contributed by atoms with Crippen molar-refractivity contribution >= 4 is 40.6 Å². The predicted molar refractivity (Wildman–Crippen MR) is 104 cm³/mol. The lowest BCUT2D eigenvalue weighted by Gasteiger charge is -2.38. The lowest BCUT2D eigenvalue weighted by molar-refractivity contribution is -0.120. The second kappa shape index (κ2) is 7.30. The zero-order chi connectivity index (χ0) is 20.0. The largest absolute Gasteiger partial charge is 0.294 e. The Morgan fingerprint density at radius 3 is 2.57 bits per heavy atom. The molecule has 1 atom stereocenters. The van der Waals surface area contributed by atoms with Crippen LogP contribution in [0.25, 0.3) is 0 Å². The van der Waals surface area contributed by atoms with E-state index in [0.717, 1.165) is 12.1 Å². The smallest absolute Gasteiger partial charge is 0.232 e. The van der Waals surface area contributed by atoms with Gasteiger partial charge < -0.3 is 0 Å². The normalized spacial score (nSPS) is 19.9. The summed E-state index contributed by atoms with van der Waals surface area (Å²) in [7, 11) is 0. The lowest BCUT2D eigenvalue weighted by atomic mass is 9.77. The highest BCUT2D eigenvalue weighted by atomic mass is 35.5. The Hall–Kier alpha value is -2.24. The average Bonchev–Trinajstić information content (AvgIpc) is 2.65. The molecule has 0 fully saturated rings. The molecule has 0 bridgehead atoms. The van der Waals surface area contributed by atoms with Crippen molar-refractivity contribution in [2.24, 2.45) is 0 Å². The molecular weight excluding hydrogens is 407 g/mol. The number of allylic oxidation sites excluding steroid dienone is 2. The molecule has 2 aromatic rings. The fourth-order valence-corrected chi connectivity index (χ4v) is 4.43. The van der Waals surface area contributed by atoms with Crippen molar-refractivity contribution in [2.75, 3.05) is 4.90 Å².